The van der Waals surface area contributed by atoms with Crippen LogP contribution in [0.4, 0.5) is 0 Å². The maximum atomic E-state index is 5.17. The summed E-state index contributed by atoms with van der Waals surface area (Å²) in [6, 6.07) is 10.2. The summed E-state index contributed by atoms with van der Waals surface area (Å²) in [5.74, 6) is 1.69. The number of aliphatic imine (C=N–C) groups is 1. The van der Waals surface area contributed by atoms with Crippen LogP contribution in [0.3, 0.4) is 0 Å². The van der Waals surface area contributed by atoms with Gasteiger partial charge in [-0.2, -0.15) is 5.10 Å². The van der Waals surface area contributed by atoms with E-state index in [9.17, 15) is 0 Å². The molecule has 0 aliphatic carbocycles. The zero-order valence-corrected chi connectivity index (χ0v) is 18.4. The second-order valence-electron chi connectivity index (χ2n) is 7.23. The van der Waals surface area contributed by atoms with Gasteiger partial charge >= 0.3 is 0 Å². The van der Waals surface area contributed by atoms with Gasteiger partial charge in [-0.3, -0.25) is 9.67 Å². The normalized spacial score (nSPS) is 11.7. The molecule has 0 aliphatic rings. The third kappa shape index (κ3) is 5.07. The summed E-state index contributed by atoms with van der Waals surface area (Å²) >= 11 is 0. The highest BCUT2D eigenvalue weighted by atomic mass is 16.5. The Morgan fingerprint density at radius 2 is 2.03 bits per heavy atom. The molecule has 0 atom stereocenters. The smallest absolute Gasteiger partial charge is 0.194 e. The molecule has 1 aromatic carbocycles. The standard InChI is InChI=1S/C22H31N7O/c1-16-19(17(2)29(27-16)11-12-30-5)13-25-22(23-3)28(4)15-21-24-14-20(26-21)18-9-7-6-8-10-18/h6-10,14H,11-13,15H2,1-5H3,(H,23,25)(H,24,26). The first-order chi connectivity index (χ1) is 14.5. The quantitative estimate of drug-likeness (QED) is 0.442. The maximum absolute atomic E-state index is 5.17. The highest BCUT2D eigenvalue weighted by molar-refractivity contribution is 5.79. The van der Waals surface area contributed by atoms with Crippen LogP contribution in [-0.4, -0.2) is 58.4 Å². The Kier molecular flexibility index (Phi) is 7.24. The zero-order chi connectivity index (χ0) is 21.5. The SMILES string of the molecule is CN=C(NCc1c(C)nn(CCOC)c1C)N(C)Cc1ncc(-c2ccccc2)[nH]1. The van der Waals surface area contributed by atoms with Crippen molar-refractivity contribution in [1.82, 2.24) is 30.0 Å². The molecule has 0 aliphatic heterocycles. The molecule has 8 nitrogen and oxygen atoms in total. The molecule has 2 heterocycles. The molecular formula is C22H31N7O. The van der Waals surface area contributed by atoms with Crippen LogP contribution in [0.2, 0.25) is 0 Å². The second-order valence-corrected chi connectivity index (χ2v) is 7.23. The van der Waals surface area contributed by atoms with E-state index in [1.54, 1.807) is 14.2 Å². The fourth-order valence-corrected chi connectivity index (χ4v) is 3.44. The fraction of sp³-hybridized carbons (Fsp3) is 0.409. The number of rotatable bonds is 8. The van der Waals surface area contributed by atoms with E-state index >= 15 is 0 Å². The van der Waals surface area contributed by atoms with E-state index in [1.807, 2.05) is 47.9 Å². The third-order valence-corrected chi connectivity index (χ3v) is 5.14. The number of benzene rings is 1. The van der Waals surface area contributed by atoms with Gasteiger partial charge in [0, 0.05) is 39.0 Å². The van der Waals surface area contributed by atoms with Crippen molar-refractivity contribution in [3.63, 3.8) is 0 Å². The van der Waals surface area contributed by atoms with E-state index in [1.165, 1.54) is 5.56 Å². The minimum Gasteiger partial charge on any atom is -0.383 e. The van der Waals surface area contributed by atoms with Gasteiger partial charge in [0.2, 0.25) is 0 Å². The van der Waals surface area contributed by atoms with Crippen LogP contribution in [0.25, 0.3) is 11.3 Å². The molecule has 0 saturated heterocycles. The number of hydrogen-bond acceptors (Lipinski definition) is 4. The van der Waals surface area contributed by atoms with Crippen LogP contribution < -0.4 is 5.32 Å². The summed E-state index contributed by atoms with van der Waals surface area (Å²) in [6.45, 7) is 6.81. The van der Waals surface area contributed by atoms with Gasteiger partial charge in [-0.15, -0.1) is 0 Å². The monoisotopic (exact) mass is 409 g/mol. The average molecular weight is 410 g/mol. The molecule has 0 unspecified atom stereocenters. The number of ether oxygens (including phenoxy) is 1. The molecule has 3 rings (SSSR count). The van der Waals surface area contributed by atoms with Crippen molar-refractivity contribution >= 4 is 5.96 Å². The lowest BCUT2D eigenvalue weighted by atomic mass is 10.2. The average Bonchev–Trinajstić information content (AvgIpc) is 3.32. The molecule has 3 aromatic rings. The first-order valence-corrected chi connectivity index (χ1v) is 10.1. The molecular weight excluding hydrogens is 378 g/mol. The Hall–Kier alpha value is -3.13. The van der Waals surface area contributed by atoms with E-state index in [2.05, 4.69) is 44.4 Å². The number of hydrogen-bond donors (Lipinski definition) is 2. The van der Waals surface area contributed by atoms with E-state index < -0.39 is 0 Å². The predicted octanol–water partition coefficient (Wildman–Crippen LogP) is 2.74. The van der Waals surface area contributed by atoms with Gasteiger partial charge in [0.1, 0.15) is 5.82 Å². The Bertz CT molecular complexity index is 975. The number of aromatic amines is 1. The Labute approximate surface area is 178 Å². The first kappa shape index (κ1) is 21.6. The van der Waals surface area contributed by atoms with Crippen LogP contribution >= 0.6 is 0 Å². The molecule has 2 aromatic heterocycles. The molecule has 0 fully saturated rings. The fourth-order valence-electron chi connectivity index (χ4n) is 3.44. The van der Waals surface area contributed by atoms with Crippen LogP contribution in [0, 0.1) is 13.8 Å². The minimum absolute atomic E-state index is 0.623. The van der Waals surface area contributed by atoms with Gasteiger partial charge in [-0.1, -0.05) is 30.3 Å². The molecule has 160 valence electrons. The van der Waals surface area contributed by atoms with Crippen molar-refractivity contribution in [2.75, 3.05) is 27.8 Å². The summed E-state index contributed by atoms with van der Waals surface area (Å²) in [7, 11) is 5.50. The number of nitrogens with one attached hydrogen (secondary N) is 2. The Balaban J connectivity index is 1.62. The molecule has 0 saturated carbocycles. The van der Waals surface area contributed by atoms with Crippen molar-refractivity contribution in [3.8, 4) is 11.3 Å². The van der Waals surface area contributed by atoms with Gasteiger partial charge in [0.05, 0.1) is 37.3 Å². The lowest BCUT2D eigenvalue weighted by Gasteiger charge is -2.21. The van der Waals surface area contributed by atoms with E-state index in [4.69, 9.17) is 4.74 Å². The lowest BCUT2D eigenvalue weighted by molar-refractivity contribution is 0.182. The molecule has 30 heavy (non-hydrogen) atoms. The van der Waals surface area contributed by atoms with Gasteiger partial charge in [0.15, 0.2) is 5.96 Å². The number of aromatic nitrogens is 4. The Morgan fingerprint density at radius 3 is 2.73 bits per heavy atom. The number of H-pyrrole nitrogens is 1. The molecule has 0 spiro atoms. The lowest BCUT2D eigenvalue weighted by Crippen LogP contribution is -2.38. The number of guanidine groups is 1. The van der Waals surface area contributed by atoms with Gasteiger partial charge in [0.25, 0.3) is 0 Å². The summed E-state index contributed by atoms with van der Waals surface area (Å²) < 4.78 is 7.17. The molecule has 8 heteroatoms. The summed E-state index contributed by atoms with van der Waals surface area (Å²) in [5, 5.41) is 8.07. The molecule has 0 amide bonds. The largest absolute Gasteiger partial charge is 0.383 e. The minimum atomic E-state index is 0.623. The van der Waals surface area contributed by atoms with Crippen molar-refractivity contribution in [3.05, 3.63) is 59.3 Å². The van der Waals surface area contributed by atoms with Crippen molar-refractivity contribution in [2.24, 2.45) is 4.99 Å². The first-order valence-electron chi connectivity index (χ1n) is 10.1. The highest BCUT2D eigenvalue weighted by Gasteiger charge is 2.14. The maximum Gasteiger partial charge on any atom is 0.194 e. The molecule has 2 N–H and O–H groups in total. The number of methoxy groups -OCH3 is 1. The Morgan fingerprint density at radius 1 is 1.27 bits per heavy atom. The number of imidazole rings is 1. The zero-order valence-electron chi connectivity index (χ0n) is 18.4. The highest BCUT2D eigenvalue weighted by Crippen LogP contribution is 2.17. The van der Waals surface area contributed by atoms with Gasteiger partial charge in [-0.05, 0) is 19.4 Å². The van der Waals surface area contributed by atoms with Crippen LogP contribution in [0.15, 0.2) is 41.5 Å². The summed E-state index contributed by atoms with van der Waals surface area (Å²) in [5.41, 5.74) is 5.49. The second kappa shape index (κ2) is 10.1. The van der Waals surface area contributed by atoms with Gasteiger partial charge < -0.3 is 19.9 Å². The van der Waals surface area contributed by atoms with Crippen molar-refractivity contribution < 1.29 is 4.74 Å². The van der Waals surface area contributed by atoms with Crippen molar-refractivity contribution in [1.29, 1.82) is 0 Å². The molecule has 0 bridgehead atoms. The topological polar surface area (TPSA) is 83.4 Å². The van der Waals surface area contributed by atoms with E-state index in [0.717, 1.165) is 41.0 Å². The van der Waals surface area contributed by atoms with Gasteiger partial charge in [-0.25, -0.2) is 4.98 Å². The van der Waals surface area contributed by atoms with Crippen LogP contribution in [0.5, 0.6) is 0 Å². The number of nitrogens with zero attached hydrogens (tertiary/aromatic N) is 5. The van der Waals surface area contributed by atoms with E-state index in [-0.39, 0.29) is 0 Å². The van der Waals surface area contributed by atoms with Crippen molar-refractivity contribution in [2.45, 2.75) is 33.5 Å². The summed E-state index contributed by atoms with van der Waals surface area (Å²) in [6.07, 6.45) is 1.87. The summed E-state index contributed by atoms with van der Waals surface area (Å²) in [4.78, 5) is 14.4. The van der Waals surface area contributed by atoms with Crippen LogP contribution in [-0.2, 0) is 24.4 Å². The predicted molar refractivity (Wildman–Crippen MR) is 119 cm³/mol. The van der Waals surface area contributed by atoms with E-state index in [0.29, 0.717) is 19.7 Å². The third-order valence-electron chi connectivity index (χ3n) is 5.14. The number of aryl methyl sites for hydroxylation is 1. The molecule has 0 radical (unpaired) electrons. The van der Waals surface area contributed by atoms with Crippen LogP contribution in [0.1, 0.15) is 22.8 Å².